The highest BCUT2D eigenvalue weighted by Crippen LogP contribution is 2.20. The molecule has 0 aliphatic heterocycles. The zero-order valence-electron chi connectivity index (χ0n) is 7.20. The van der Waals surface area contributed by atoms with Gasteiger partial charge in [0.15, 0.2) is 0 Å². The van der Waals surface area contributed by atoms with E-state index in [1.165, 1.54) is 0 Å². The Labute approximate surface area is 71.8 Å². The van der Waals surface area contributed by atoms with E-state index in [0.717, 1.165) is 0 Å². The van der Waals surface area contributed by atoms with E-state index >= 15 is 0 Å². The van der Waals surface area contributed by atoms with Crippen LogP contribution >= 0.6 is 0 Å². The number of aromatic nitrogens is 1. The molecule has 62 valence electrons. The van der Waals surface area contributed by atoms with Gasteiger partial charge in [-0.1, -0.05) is 0 Å². The van der Waals surface area contributed by atoms with Crippen molar-refractivity contribution in [1.29, 1.82) is 5.26 Å². The monoisotopic (exact) mass is 161 g/mol. The fourth-order valence-electron chi connectivity index (χ4n) is 0.846. The number of hydrogen-bond acceptors (Lipinski definition) is 3. The molecule has 0 aliphatic carbocycles. The molecular weight excluding hydrogens is 150 g/mol. The van der Waals surface area contributed by atoms with Crippen LogP contribution in [-0.4, -0.2) is 4.98 Å². The average Bonchev–Trinajstić information content (AvgIpc) is 2.05. The quantitative estimate of drug-likeness (QED) is 0.678. The minimum Gasteiger partial charge on any atom is -0.399 e. The van der Waals surface area contributed by atoms with Crippen molar-refractivity contribution in [3.8, 4) is 6.07 Å². The fraction of sp³-hybridized carbons (Fsp3) is 0.333. The van der Waals surface area contributed by atoms with E-state index in [2.05, 4.69) is 11.1 Å². The molecule has 12 heavy (non-hydrogen) atoms. The van der Waals surface area contributed by atoms with Crippen LogP contribution in [0.15, 0.2) is 18.3 Å². The number of nitriles is 1. The first-order valence-electron chi connectivity index (χ1n) is 3.69. The molecule has 0 spiro atoms. The predicted octanol–water partition coefficient (Wildman–Crippen LogP) is 1.46. The summed E-state index contributed by atoms with van der Waals surface area (Å²) in [7, 11) is 0. The summed E-state index contributed by atoms with van der Waals surface area (Å²) < 4.78 is 0. The van der Waals surface area contributed by atoms with Gasteiger partial charge in [-0.15, -0.1) is 0 Å². The Morgan fingerprint density at radius 3 is 2.75 bits per heavy atom. The largest absolute Gasteiger partial charge is 0.399 e. The molecule has 0 atom stereocenters. The summed E-state index contributed by atoms with van der Waals surface area (Å²) in [6.07, 6.45) is 1.61. The Balaban J connectivity index is 3.14. The maximum Gasteiger partial charge on any atom is 0.0937 e. The van der Waals surface area contributed by atoms with Crippen LogP contribution in [0.5, 0.6) is 0 Å². The Bertz CT molecular complexity index is 323. The standard InChI is InChI=1S/C9H11N3/c1-9(2,6-10)8-5-7(11)3-4-12-8/h3-5H,1-2H3,(H2,11,12). The minimum atomic E-state index is -0.560. The normalized spacial score (nSPS) is 10.8. The van der Waals surface area contributed by atoms with Crippen molar-refractivity contribution < 1.29 is 0 Å². The van der Waals surface area contributed by atoms with E-state index in [9.17, 15) is 0 Å². The second kappa shape index (κ2) is 2.82. The van der Waals surface area contributed by atoms with Gasteiger partial charge in [-0.25, -0.2) is 0 Å². The van der Waals surface area contributed by atoms with Crippen molar-refractivity contribution in [3.63, 3.8) is 0 Å². The summed E-state index contributed by atoms with van der Waals surface area (Å²) in [6, 6.07) is 5.60. The maximum absolute atomic E-state index is 8.81. The number of nitrogen functional groups attached to an aromatic ring is 1. The minimum absolute atomic E-state index is 0.560. The van der Waals surface area contributed by atoms with E-state index in [1.54, 1.807) is 18.3 Å². The van der Waals surface area contributed by atoms with Crippen LogP contribution in [0.25, 0.3) is 0 Å². The van der Waals surface area contributed by atoms with Gasteiger partial charge < -0.3 is 5.73 Å². The molecule has 0 radical (unpaired) electrons. The highest BCUT2D eigenvalue weighted by molar-refractivity contribution is 5.40. The molecule has 2 N–H and O–H groups in total. The molecule has 0 saturated heterocycles. The lowest BCUT2D eigenvalue weighted by Gasteiger charge is -2.13. The second-order valence-corrected chi connectivity index (χ2v) is 3.21. The number of anilines is 1. The first kappa shape index (κ1) is 8.54. The lowest BCUT2D eigenvalue weighted by atomic mass is 9.91. The summed E-state index contributed by atoms with van der Waals surface area (Å²) in [5.41, 5.74) is 6.36. The van der Waals surface area contributed by atoms with Gasteiger partial charge in [0, 0.05) is 11.9 Å². The van der Waals surface area contributed by atoms with Gasteiger partial charge in [0.05, 0.1) is 17.2 Å². The van der Waals surface area contributed by atoms with Gasteiger partial charge in [-0.3, -0.25) is 4.98 Å². The van der Waals surface area contributed by atoms with Crippen molar-refractivity contribution in [2.75, 3.05) is 5.73 Å². The molecule has 0 saturated carbocycles. The van der Waals surface area contributed by atoms with Gasteiger partial charge in [-0.2, -0.15) is 5.26 Å². The number of hydrogen-bond donors (Lipinski definition) is 1. The highest BCUT2D eigenvalue weighted by Gasteiger charge is 2.20. The van der Waals surface area contributed by atoms with Crippen molar-refractivity contribution in [2.24, 2.45) is 0 Å². The van der Waals surface area contributed by atoms with Gasteiger partial charge in [0.2, 0.25) is 0 Å². The first-order valence-corrected chi connectivity index (χ1v) is 3.69. The third-order valence-corrected chi connectivity index (χ3v) is 1.70. The molecular formula is C9H11N3. The maximum atomic E-state index is 8.81. The Hall–Kier alpha value is -1.56. The fourth-order valence-corrected chi connectivity index (χ4v) is 0.846. The zero-order valence-corrected chi connectivity index (χ0v) is 7.20. The van der Waals surface area contributed by atoms with E-state index in [4.69, 9.17) is 11.0 Å². The van der Waals surface area contributed by atoms with Crippen molar-refractivity contribution in [3.05, 3.63) is 24.0 Å². The Morgan fingerprint density at radius 1 is 1.58 bits per heavy atom. The van der Waals surface area contributed by atoms with Crippen molar-refractivity contribution in [1.82, 2.24) is 4.98 Å². The second-order valence-electron chi connectivity index (χ2n) is 3.21. The van der Waals surface area contributed by atoms with Crippen LogP contribution in [0.4, 0.5) is 5.69 Å². The summed E-state index contributed by atoms with van der Waals surface area (Å²) in [6.45, 7) is 3.63. The number of nitrogens with zero attached hydrogens (tertiary/aromatic N) is 2. The molecule has 0 unspecified atom stereocenters. The van der Waals surface area contributed by atoms with Gasteiger partial charge in [0.1, 0.15) is 0 Å². The predicted molar refractivity (Wildman–Crippen MR) is 47.3 cm³/mol. The number of nitrogens with two attached hydrogens (primary N) is 1. The van der Waals surface area contributed by atoms with Crippen LogP contribution in [0.1, 0.15) is 19.5 Å². The lowest BCUT2D eigenvalue weighted by Crippen LogP contribution is -2.15. The summed E-state index contributed by atoms with van der Waals surface area (Å²) in [5.74, 6) is 0. The van der Waals surface area contributed by atoms with Gasteiger partial charge in [-0.05, 0) is 26.0 Å². The van der Waals surface area contributed by atoms with Crippen molar-refractivity contribution in [2.45, 2.75) is 19.3 Å². The van der Waals surface area contributed by atoms with E-state index in [0.29, 0.717) is 11.4 Å². The number of rotatable bonds is 1. The van der Waals surface area contributed by atoms with Crippen LogP contribution in [0.2, 0.25) is 0 Å². The van der Waals surface area contributed by atoms with E-state index in [1.807, 2.05) is 13.8 Å². The Kier molecular flexibility index (Phi) is 2.01. The van der Waals surface area contributed by atoms with Crippen LogP contribution in [0, 0.1) is 11.3 Å². The molecule has 0 amide bonds. The molecule has 0 aromatic carbocycles. The molecule has 0 bridgehead atoms. The number of pyridine rings is 1. The molecule has 3 nitrogen and oxygen atoms in total. The molecule has 0 aliphatic rings. The summed E-state index contributed by atoms with van der Waals surface area (Å²) in [5, 5.41) is 8.81. The van der Waals surface area contributed by atoms with Gasteiger partial charge in [0.25, 0.3) is 0 Å². The van der Waals surface area contributed by atoms with Crippen molar-refractivity contribution >= 4 is 5.69 Å². The van der Waals surface area contributed by atoms with Crippen LogP contribution < -0.4 is 5.73 Å². The molecule has 1 aromatic heterocycles. The zero-order chi connectivity index (χ0) is 9.19. The van der Waals surface area contributed by atoms with Gasteiger partial charge >= 0.3 is 0 Å². The molecule has 1 rings (SSSR count). The molecule has 1 aromatic rings. The summed E-state index contributed by atoms with van der Waals surface area (Å²) in [4.78, 5) is 4.08. The molecule has 1 heterocycles. The average molecular weight is 161 g/mol. The van der Waals surface area contributed by atoms with E-state index < -0.39 is 5.41 Å². The third kappa shape index (κ3) is 1.54. The topological polar surface area (TPSA) is 62.7 Å². The highest BCUT2D eigenvalue weighted by atomic mass is 14.7. The Morgan fingerprint density at radius 2 is 2.25 bits per heavy atom. The first-order chi connectivity index (χ1) is 5.56. The van der Waals surface area contributed by atoms with Crippen LogP contribution in [0.3, 0.4) is 0 Å². The molecule has 3 heteroatoms. The SMILES string of the molecule is CC(C)(C#N)c1cc(N)ccn1. The smallest absolute Gasteiger partial charge is 0.0937 e. The van der Waals surface area contributed by atoms with Crippen LogP contribution in [-0.2, 0) is 5.41 Å². The van der Waals surface area contributed by atoms with E-state index in [-0.39, 0.29) is 0 Å². The lowest BCUT2D eigenvalue weighted by molar-refractivity contribution is 0.660. The summed E-state index contributed by atoms with van der Waals surface area (Å²) >= 11 is 0. The third-order valence-electron chi connectivity index (χ3n) is 1.70. The molecule has 0 fully saturated rings.